The minimum absolute atomic E-state index is 0.0999. The minimum atomic E-state index is -0.984. The first-order valence-corrected chi connectivity index (χ1v) is 39.8. The standard InChI is InChI=1S/C74H65NO2P6/c1-74(2,3)77-73(76)75-53-64(83(81-69(59-36-20-8-21-37-59)48-49-70(81)60-38-22-9-23-39-60)82-71(61-40-24-10-25-41-61)50-51-72(82)62-42-26-11-27-43-62)52-63(75)54-78(79-65(55-28-12-4-13-29-55)44-45-66(79)56-30-14-5-15-31-56)80-67(57-32-16-6-17-33-57)46-47-68(80)58-34-18-7-19-35-58/h4-51,63-64H,52-54H2,1-3H3/t63-,64-/m0/s1. The van der Waals surface area contributed by atoms with Crippen molar-refractivity contribution >= 4 is 49.6 Å². The Kier molecular flexibility index (Phi) is 16.4. The Labute approximate surface area is 496 Å². The Balaban J connectivity index is 1.08. The summed E-state index contributed by atoms with van der Waals surface area (Å²) >= 11 is 0. The molecule has 83 heavy (non-hydrogen) atoms. The molecule has 1 aliphatic heterocycles. The second-order valence-electron chi connectivity index (χ2n) is 22.1. The zero-order valence-electron chi connectivity index (χ0n) is 46.9. The van der Waals surface area contributed by atoms with Gasteiger partial charge in [0.25, 0.3) is 0 Å². The number of carbonyl (C=O) groups is 1. The highest BCUT2D eigenvalue weighted by Gasteiger charge is 2.46. The van der Waals surface area contributed by atoms with Crippen molar-refractivity contribution in [2.75, 3.05) is 12.7 Å². The van der Waals surface area contributed by atoms with Crippen LogP contribution in [0.4, 0.5) is 4.79 Å². The normalized spacial score (nSPS) is 14.4. The summed E-state index contributed by atoms with van der Waals surface area (Å²) < 4.78 is 6.72. The van der Waals surface area contributed by atoms with Crippen molar-refractivity contribution in [1.82, 2.24) is 4.90 Å². The van der Waals surface area contributed by atoms with Crippen LogP contribution in [0, 0.1) is 0 Å². The molecule has 0 unspecified atom stereocenters. The lowest BCUT2D eigenvalue weighted by Gasteiger charge is -2.33. The third kappa shape index (κ3) is 11.6. The highest BCUT2D eigenvalue weighted by atomic mass is 32.4. The van der Waals surface area contributed by atoms with Gasteiger partial charge in [0.1, 0.15) is 5.60 Å². The van der Waals surface area contributed by atoms with Crippen LogP contribution in [0.3, 0.4) is 0 Å². The van der Waals surface area contributed by atoms with Crippen LogP contribution in [0.25, 0.3) is 86.9 Å². The number of nitrogens with zero attached hydrogens (tertiary/aromatic N) is 1. The van der Waals surface area contributed by atoms with Gasteiger partial charge in [-0.25, -0.2) is 4.79 Å². The smallest absolute Gasteiger partial charge is 0.410 e. The molecule has 5 heterocycles. The van der Waals surface area contributed by atoms with Gasteiger partial charge in [0.2, 0.25) is 0 Å². The second kappa shape index (κ2) is 24.7. The summed E-state index contributed by atoms with van der Waals surface area (Å²) in [6.07, 6.45) is 1.55. The average molecular weight is 1190 g/mol. The van der Waals surface area contributed by atoms with E-state index in [2.05, 4.69) is 296 Å². The highest BCUT2D eigenvalue weighted by molar-refractivity contribution is 8.59. The molecule has 1 fully saturated rings. The van der Waals surface area contributed by atoms with E-state index in [0.717, 1.165) is 12.6 Å². The summed E-state index contributed by atoms with van der Waals surface area (Å²) in [7, 11) is -5.87. The van der Waals surface area contributed by atoms with Crippen molar-refractivity contribution in [1.29, 1.82) is 0 Å². The van der Waals surface area contributed by atoms with E-state index in [1.165, 1.54) is 86.9 Å². The van der Waals surface area contributed by atoms with Crippen LogP contribution >= 0.6 is 43.5 Å². The third-order valence-corrected chi connectivity index (χ3v) is 45.8. The van der Waals surface area contributed by atoms with Gasteiger partial charge in [0.15, 0.2) is 0 Å². The molecular formula is C74H65NO2P6. The van der Waals surface area contributed by atoms with E-state index >= 15 is 4.79 Å². The number of rotatable bonds is 15. The number of benzene rings is 8. The van der Waals surface area contributed by atoms with Gasteiger partial charge >= 0.3 is 6.09 Å². The predicted molar refractivity (Wildman–Crippen MR) is 366 cm³/mol. The lowest BCUT2D eigenvalue weighted by atomic mass is 10.2. The molecule has 0 bridgehead atoms. The van der Waals surface area contributed by atoms with E-state index in [1.54, 1.807) is 0 Å². The first-order valence-electron chi connectivity index (χ1n) is 28.6. The van der Waals surface area contributed by atoms with Gasteiger partial charge in [-0.3, -0.25) is 0 Å². The molecule has 1 saturated heterocycles. The molecule has 0 saturated carbocycles. The molecular weight excluding hydrogens is 1120 g/mol. The van der Waals surface area contributed by atoms with Crippen LogP contribution in [-0.2, 0) is 4.74 Å². The Morgan fingerprint density at radius 2 is 0.602 bits per heavy atom. The molecule has 0 radical (unpaired) electrons. The fourth-order valence-corrected chi connectivity index (χ4v) is 48.8. The summed E-state index contributed by atoms with van der Waals surface area (Å²) in [6.45, 7) is 6.72. The van der Waals surface area contributed by atoms with Gasteiger partial charge in [-0.2, -0.15) is 0 Å². The van der Waals surface area contributed by atoms with Crippen molar-refractivity contribution in [3.8, 4) is 86.9 Å². The van der Waals surface area contributed by atoms with E-state index in [0.29, 0.717) is 6.54 Å². The fraction of sp³-hybridized carbons (Fsp3) is 0.122. The molecule has 9 heteroatoms. The van der Waals surface area contributed by atoms with Crippen molar-refractivity contribution < 1.29 is 9.53 Å². The van der Waals surface area contributed by atoms with E-state index < -0.39 is 49.1 Å². The van der Waals surface area contributed by atoms with Crippen LogP contribution in [0.1, 0.15) is 27.2 Å². The van der Waals surface area contributed by atoms with Crippen LogP contribution < -0.4 is 0 Å². The zero-order valence-corrected chi connectivity index (χ0v) is 52.3. The van der Waals surface area contributed by atoms with Crippen LogP contribution in [-0.4, -0.2) is 41.0 Å². The van der Waals surface area contributed by atoms with Gasteiger partial charge in [-0.05, 0) is 135 Å². The van der Waals surface area contributed by atoms with Crippen molar-refractivity contribution in [3.63, 3.8) is 0 Å². The SMILES string of the molecule is CC(C)(C)OC(=O)N1C[C@@H](P(p2c(-c3ccccc3)ccc2-c2ccccc2)p2c(-c3ccccc3)ccc2-c2ccccc2)C[C@H]1CP(p1c(-c2ccccc2)ccc1-c1ccccc1)p1c(-c2ccccc2)ccc1-c1ccccc1. The molecule has 408 valence electrons. The number of carbonyl (C=O) groups excluding carboxylic acids is 1. The van der Waals surface area contributed by atoms with Crippen molar-refractivity contribution in [2.45, 2.75) is 44.5 Å². The first kappa shape index (κ1) is 55.2. The van der Waals surface area contributed by atoms with Gasteiger partial charge < -0.3 is 9.64 Å². The molecule has 0 spiro atoms. The maximum Gasteiger partial charge on any atom is 0.410 e. The first-order chi connectivity index (χ1) is 40.8. The lowest BCUT2D eigenvalue weighted by molar-refractivity contribution is 0.0242. The molecule has 1 amide bonds. The summed E-state index contributed by atoms with van der Waals surface area (Å²) in [5.74, 6) is 0. The number of likely N-dealkylation sites (tertiary alicyclic amines) is 1. The Hall–Kier alpha value is -6.99. The maximum absolute atomic E-state index is 15.8. The molecule has 0 N–H and O–H groups in total. The Morgan fingerprint density at radius 3 is 0.831 bits per heavy atom. The number of ether oxygens (including phenoxy) is 1. The monoisotopic (exact) mass is 1190 g/mol. The van der Waals surface area contributed by atoms with E-state index in [9.17, 15) is 0 Å². The van der Waals surface area contributed by atoms with E-state index in [4.69, 9.17) is 4.74 Å². The molecule has 3 nitrogen and oxygen atoms in total. The van der Waals surface area contributed by atoms with Gasteiger partial charge in [0.05, 0.1) is 0 Å². The van der Waals surface area contributed by atoms with E-state index in [-0.39, 0.29) is 17.8 Å². The molecule has 2 atom stereocenters. The fourth-order valence-electron chi connectivity index (χ4n) is 11.9. The van der Waals surface area contributed by atoms with Crippen LogP contribution in [0.5, 0.6) is 0 Å². The third-order valence-electron chi connectivity index (χ3n) is 15.6. The topological polar surface area (TPSA) is 29.5 Å². The quantitative estimate of drug-likeness (QED) is 0.0958. The van der Waals surface area contributed by atoms with Gasteiger partial charge in [0, 0.05) is 66.8 Å². The minimum Gasteiger partial charge on any atom is -0.444 e. The highest BCUT2D eigenvalue weighted by Crippen LogP contribution is 2.91. The largest absolute Gasteiger partial charge is 0.444 e. The number of hydrogen-bond acceptors (Lipinski definition) is 2. The molecule has 1 aliphatic rings. The zero-order chi connectivity index (χ0) is 56.3. The Morgan fingerprint density at radius 1 is 0.373 bits per heavy atom. The van der Waals surface area contributed by atoms with Crippen molar-refractivity contribution in [3.05, 3.63) is 291 Å². The number of hydrogen-bond donors (Lipinski definition) is 0. The van der Waals surface area contributed by atoms with Crippen molar-refractivity contribution in [2.24, 2.45) is 0 Å². The summed E-state index contributed by atoms with van der Waals surface area (Å²) in [6, 6.07) is 109. The van der Waals surface area contributed by atoms with Crippen LogP contribution in [0.15, 0.2) is 291 Å². The van der Waals surface area contributed by atoms with Gasteiger partial charge in [-0.1, -0.05) is 272 Å². The number of amides is 1. The maximum atomic E-state index is 15.8. The average Bonchev–Trinajstić information content (AvgIpc) is 2.64. The summed E-state index contributed by atoms with van der Waals surface area (Å²) in [5.41, 5.74) is 9.75. The van der Waals surface area contributed by atoms with Crippen LogP contribution in [0.2, 0.25) is 0 Å². The molecule has 12 aromatic rings. The molecule has 4 aromatic heterocycles. The summed E-state index contributed by atoms with van der Waals surface area (Å²) in [5, 5.41) is 11.4. The lowest BCUT2D eigenvalue weighted by Crippen LogP contribution is -2.41. The second-order valence-corrected chi connectivity index (χ2v) is 43.1. The molecule has 0 aliphatic carbocycles. The molecule has 13 rings (SSSR count). The summed E-state index contributed by atoms with van der Waals surface area (Å²) in [4.78, 5) is 18.1. The molecule has 8 aromatic carbocycles. The van der Waals surface area contributed by atoms with E-state index in [1.807, 2.05) is 20.8 Å². The Bertz CT molecular complexity index is 3630. The predicted octanol–water partition coefficient (Wildman–Crippen LogP) is 24.5. The van der Waals surface area contributed by atoms with Gasteiger partial charge in [-0.15, -0.1) is 0 Å².